The summed E-state index contributed by atoms with van der Waals surface area (Å²) in [4.78, 5) is 13.7. The van der Waals surface area contributed by atoms with E-state index in [9.17, 15) is 13.6 Å². The number of para-hydroxylation sites is 1. The third-order valence-corrected chi connectivity index (χ3v) is 4.22. The predicted octanol–water partition coefficient (Wildman–Crippen LogP) is 1.27. The molecule has 114 valence electrons. The molecule has 3 rings (SSSR count). The Labute approximate surface area is 122 Å². The van der Waals surface area contributed by atoms with Crippen molar-refractivity contribution >= 4 is 11.6 Å². The van der Waals surface area contributed by atoms with Crippen molar-refractivity contribution in [2.45, 2.75) is 18.9 Å². The number of carbonyl (C=O) groups excluding carboxylic acids is 1. The van der Waals surface area contributed by atoms with E-state index in [0.29, 0.717) is 26.1 Å². The Morgan fingerprint density at radius 3 is 2.71 bits per heavy atom. The Kier molecular flexibility index (Phi) is 4.05. The first-order chi connectivity index (χ1) is 10.1. The summed E-state index contributed by atoms with van der Waals surface area (Å²) >= 11 is 0. The molecule has 1 aromatic carbocycles. The molecule has 0 radical (unpaired) electrons. The number of nitrogens with one attached hydrogen (secondary N) is 2. The summed E-state index contributed by atoms with van der Waals surface area (Å²) in [6.45, 7) is 2.58. The number of nitrogens with zero attached hydrogens (tertiary/aromatic N) is 1. The Hall–Kier alpha value is -1.69. The van der Waals surface area contributed by atoms with E-state index in [1.807, 2.05) is 0 Å². The minimum Gasteiger partial charge on any atom is -0.365 e. The Bertz CT molecular complexity index is 511. The van der Waals surface area contributed by atoms with Gasteiger partial charge in [0.15, 0.2) is 0 Å². The van der Waals surface area contributed by atoms with Crippen molar-refractivity contribution in [3.8, 4) is 0 Å². The maximum atomic E-state index is 13.8. The molecule has 21 heavy (non-hydrogen) atoms. The molecule has 0 spiro atoms. The van der Waals surface area contributed by atoms with Crippen molar-refractivity contribution in [2.24, 2.45) is 5.92 Å². The second-order valence-electron chi connectivity index (χ2n) is 5.70. The molecule has 1 aromatic rings. The van der Waals surface area contributed by atoms with Gasteiger partial charge in [-0.15, -0.1) is 0 Å². The van der Waals surface area contributed by atoms with E-state index >= 15 is 0 Å². The maximum absolute atomic E-state index is 13.8. The molecule has 2 saturated heterocycles. The SMILES string of the molecule is O=C(NC1CCN(c2c(F)cccc2F)C1)C1CCNC1. The largest absolute Gasteiger partial charge is 0.365 e. The average molecular weight is 295 g/mol. The van der Waals surface area contributed by atoms with Crippen LogP contribution >= 0.6 is 0 Å². The second kappa shape index (κ2) is 5.97. The van der Waals surface area contributed by atoms with Crippen LogP contribution < -0.4 is 15.5 Å². The molecule has 2 aliphatic rings. The Morgan fingerprint density at radius 1 is 1.29 bits per heavy atom. The van der Waals surface area contributed by atoms with Crippen LogP contribution in [0.25, 0.3) is 0 Å². The standard InChI is InChI=1S/C15H19F2N3O/c16-12-2-1-3-13(17)14(12)20-7-5-11(9-20)19-15(21)10-4-6-18-8-10/h1-3,10-11,18H,4-9H2,(H,19,21). The van der Waals surface area contributed by atoms with Gasteiger partial charge in [0.1, 0.15) is 17.3 Å². The summed E-state index contributed by atoms with van der Waals surface area (Å²) in [5.74, 6) is -1.05. The van der Waals surface area contributed by atoms with Crippen LogP contribution in [0.3, 0.4) is 0 Å². The summed E-state index contributed by atoms with van der Waals surface area (Å²) < 4.78 is 27.5. The van der Waals surface area contributed by atoms with E-state index < -0.39 is 11.6 Å². The van der Waals surface area contributed by atoms with Crippen molar-refractivity contribution in [1.29, 1.82) is 0 Å². The first-order valence-corrected chi connectivity index (χ1v) is 7.35. The zero-order chi connectivity index (χ0) is 14.8. The van der Waals surface area contributed by atoms with E-state index in [4.69, 9.17) is 0 Å². The van der Waals surface area contributed by atoms with Crippen molar-refractivity contribution in [2.75, 3.05) is 31.1 Å². The summed E-state index contributed by atoms with van der Waals surface area (Å²) in [6, 6.07) is 3.83. The molecule has 6 heteroatoms. The van der Waals surface area contributed by atoms with Crippen LogP contribution in [0.5, 0.6) is 0 Å². The first-order valence-electron chi connectivity index (χ1n) is 7.35. The molecule has 0 aliphatic carbocycles. The van der Waals surface area contributed by atoms with Gasteiger partial charge in [-0.05, 0) is 31.5 Å². The van der Waals surface area contributed by atoms with Crippen molar-refractivity contribution in [3.63, 3.8) is 0 Å². The van der Waals surface area contributed by atoms with Crippen molar-refractivity contribution < 1.29 is 13.6 Å². The summed E-state index contributed by atoms with van der Waals surface area (Å²) in [5, 5.41) is 6.15. The van der Waals surface area contributed by atoms with E-state index in [2.05, 4.69) is 10.6 Å². The molecule has 4 nitrogen and oxygen atoms in total. The molecule has 2 N–H and O–H groups in total. The van der Waals surface area contributed by atoms with Gasteiger partial charge >= 0.3 is 0 Å². The lowest BCUT2D eigenvalue weighted by molar-refractivity contribution is -0.125. The third kappa shape index (κ3) is 3.00. The fourth-order valence-corrected chi connectivity index (χ4v) is 3.07. The van der Waals surface area contributed by atoms with Crippen molar-refractivity contribution in [1.82, 2.24) is 10.6 Å². The lowest BCUT2D eigenvalue weighted by Crippen LogP contribution is -2.41. The maximum Gasteiger partial charge on any atom is 0.224 e. The van der Waals surface area contributed by atoms with E-state index in [-0.39, 0.29) is 23.6 Å². The lowest BCUT2D eigenvalue weighted by Gasteiger charge is -2.20. The summed E-state index contributed by atoms with van der Waals surface area (Å²) in [5.41, 5.74) is 0.0109. The molecule has 0 bridgehead atoms. The number of anilines is 1. The van der Waals surface area contributed by atoms with Crippen LogP contribution in [0.1, 0.15) is 12.8 Å². The van der Waals surface area contributed by atoms with Gasteiger partial charge in [0.25, 0.3) is 0 Å². The zero-order valence-corrected chi connectivity index (χ0v) is 11.7. The van der Waals surface area contributed by atoms with Crippen LogP contribution in [0, 0.1) is 17.6 Å². The van der Waals surface area contributed by atoms with Crippen molar-refractivity contribution in [3.05, 3.63) is 29.8 Å². The smallest absolute Gasteiger partial charge is 0.224 e. The molecule has 2 aliphatic heterocycles. The van der Waals surface area contributed by atoms with Gasteiger partial charge in [0.05, 0.1) is 5.92 Å². The molecule has 2 atom stereocenters. The highest BCUT2D eigenvalue weighted by molar-refractivity contribution is 5.79. The highest BCUT2D eigenvalue weighted by Gasteiger charge is 2.30. The fourth-order valence-electron chi connectivity index (χ4n) is 3.07. The lowest BCUT2D eigenvalue weighted by atomic mass is 10.1. The molecular formula is C15H19F2N3O. The average Bonchev–Trinajstić information content (AvgIpc) is 3.10. The molecule has 1 amide bonds. The van der Waals surface area contributed by atoms with Crippen LogP contribution in [0.4, 0.5) is 14.5 Å². The number of amides is 1. The van der Waals surface area contributed by atoms with Gasteiger partial charge in [-0.2, -0.15) is 0 Å². The van der Waals surface area contributed by atoms with Gasteiger partial charge in [-0.3, -0.25) is 4.79 Å². The first kappa shape index (κ1) is 14.3. The molecular weight excluding hydrogens is 276 g/mol. The summed E-state index contributed by atoms with van der Waals surface area (Å²) in [7, 11) is 0. The molecule has 0 saturated carbocycles. The number of rotatable bonds is 3. The molecule has 2 heterocycles. The summed E-state index contributed by atoms with van der Waals surface area (Å²) in [6.07, 6.45) is 1.56. The van der Waals surface area contributed by atoms with Crippen LogP contribution in [0.2, 0.25) is 0 Å². The minimum atomic E-state index is -0.554. The van der Waals surface area contributed by atoms with Crippen LogP contribution in [0.15, 0.2) is 18.2 Å². The van der Waals surface area contributed by atoms with E-state index in [0.717, 1.165) is 13.0 Å². The number of hydrogen-bond donors (Lipinski definition) is 2. The van der Waals surface area contributed by atoms with E-state index in [1.165, 1.54) is 18.2 Å². The van der Waals surface area contributed by atoms with Gasteiger partial charge in [0.2, 0.25) is 5.91 Å². The molecule has 2 unspecified atom stereocenters. The second-order valence-corrected chi connectivity index (χ2v) is 5.70. The molecule has 2 fully saturated rings. The van der Waals surface area contributed by atoms with Crippen LogP contribution in [-0.4, -0.2) is 38.1 Å². The van der Waals surface area contributed by atoms with Gasteiger partial charge < -0.3 is 15.5 Å². The predicted molar refractivity (Wildman–Crippen MR) is 76.1 cm³/mol. The topological polar surface area (TPSA) is 44.4 Å². The minimum absolute atomic E-state index is 0.0109. The van der Waals surface area contributed by atoms with E-state index in [1.54, 1.807) is 4.90 Å². The number of carbonyl (C=O) groups is 1. The van der Waals surface area contributed by atoms with Crippen LogP contribution in [-0.2, 0) is 4.79 Å². The third-order valence-electron chi connectivity index (χ3n) is 4.22. The number of halogens is 2. The van der Waals surface area contributed by atoms with Gasteiger partial charge in [0, 0.05) is 25.7 Å². The Morgan fingerprint density at radius 2 is 2.05 bits per heavy atom. The zero-order valence-electron chi connectivity index (χ0n) is 11.7. The quantitative estimate of drug-likeness (QED) is 0.882. The highest BCUT2D eigenvalue weighted by atomic mass is 19.1. The van der Waals surface area contributed by atoms with Gasteiger partial charge in [-0.25, -0.2) is 8.78 Å². The normalized spacial score (nSPS) is 25.3. The van der Waals surface area contributed by atoms with Gasteiger partial charge in [-0.1, -0.05) is 6.07 Å². The fraction of sp³-hybridized carbons (Fsp3) is 0.533. The molecule has 0 aromatic heterocycles. The monoisotopic (exact) mass is 295 g/mol. The number of hydrogen-bond acceptors (Lipinski definition) is 3. The Balaban J connectivity index is 1.61. The highest BCUT2D eigenvalue weighted by Crippen LogP contribution is 2.26. The number of benzene rings is 1.